The van der Waals surface area contributed by atoms with E-state index in [0.29, 0.717) is 6.42 Å². The van der Waals surface area contributed by atoms with E-state index in [9.17, 15) is 4.79 Å². The highest BCUT2D eigenvalue weighted by Gasteiger charge is 2.15. The van der Waals surface area contributed by atoms with E-state index in [1.165, 1.54) is 18.4 Å². The smallest absolute Gasteiger partial charge is 0.309 e. The summed E-state index contributed by atoms with van der Waals surface area (Å²) in [6.45, 7) is 1.08. The Morgan fingerprint density at radius 3 is 2.64 bits per heavy atom. The molecule has 1 N–H and O–H groups in total. The third kappa shape index (κ3) is 3.06. The van der Waals surface area contributed by atoms with Crippen LogP contribution in [0.1, 0.15) is 11.1 Å². The van der Waals surface area contributed by atoms with Crippen molar-refractivity contribution in [3.63, 3.8) is 0 Å². The summed E-state index contributed by atoms with van der Waals surface area (Å²) in [4.78, 5) is 13.5. The van der Waals surface area contributed by atoms with Gasteiger partial charge in [0.1, 0.15) is 0 Å². The number of hydrogen-bond donors (Lipinski definition) is 1. The van der Waals surface area contributed by atoms with Gasteiger partial charge in [0.2, 0.25) is 0 Å². The molecule has 0 saturated carbocycles. The van der Waals surface area contributed by atoms with Crippen molar-refractivity contribution < 1.29 is 9.53 Å². The first-order chi connectivity index (χ1) is 10.7. The first kappa shape index (κ1) is 14.4. The fourth-order valence-electron chi connectivity index (χ4n) is 2.76. The van der Waals surface area contributed by atoms with Crippen LogP contribution in [0.3, 0.4) is 0 Å². The number of carbonyl (C=O) groups excluding carboxylic acids is 1. The van der Waals surface area contributed by atoms with Gasteiger partial charge < -0.3 is 15.0 Å². The van der Waals surface area contributed by atoms with Gasteiger partial charge in [-0.25, -0.2) is 0 Å². The van der Waals surface area contributed by atoms with E-state index in [1.807, 2.05) is 24.3 Å². The number of nitrogens with zero attached hydrogens (tertiary/aromatic N) is 1. The summed E-state index contributed by atoms with van der Waals surface area (Å²) < 4.78 is 4.67. The van der Waals surface area contributed by atoms with Crippen LogP contribution in [-0.4, -0.2) is 26.7 Å². The summed E-state index contributed by atoms with van der Waals surface area (Å²) in [7, 11) is 3.53. The zero-order chi connectivity index (χ0) is 15.5. The Kier molecular flexibility index (Phi) is 4.00. The first-order valence-corrected chi connectivity index (χ1v) is 7.42. The van der Waals surface area contributed by atoms with Crippen molar-refractivity contribution in [3.8, 4) is 0 Å². The van der Waals surface area contributed by atoms with Gasteiger partial charge in [-0.1, -0.05) is 12.1 Å². The normalized spacial score (nSPS) is 12.9. The number of fused-ring (bicyclic) bond motifs is 1. The van der Waals surface area contributed by atoms with E-state index < -0.39 is 0 Å². The molecule has 0 spiro atoms. The van der Waals surface area contributed by atoms with Crippen molar-refractivity contribution in [2.24, 2.45) is 0 Å². The maximum atomic E-state index is 11.3. The van der Waals surface area contributed by atoms with E-state index in [2.05, 4.69) is 40.2 Å². The van der Waals surface area contributed by atoms with Crippen LogP contribution in [0.25, 0.3) is 0 Å². The Bertz CT molecular complexity index is 680. The van der Waals surface area contributed by atoms with Gasteiger partial charge >= 0.3 is 5.97 Å². The van der Waals surface area contributed by atoms with Crippen LogP contribution in [0.2, 0.25) is 0 Å². The minimum atomic E-state index is -0.219. The van der Waals surface area contributed by atoms with E-state index >= 15 is 0 Å². The van der Waals surface area contributed by atoms with Crippen molar-refractivity contribution >= 4 is 23.0 Å². The maximum absolute atomic E-state index is 11.3. The summed E-state index contributed by atoms with van der Waals surface area (Å²) in [5.74, 6) is -0.219. The molecule has 114 valence electrons. The first-order valence-electron chi connectivity index (χ1n) is 7.42. The Balaban J connectivity index is 1.70. The second kappa shape index (κ2) is 6.10. The topological polar surface area (TPSA) is 41.6 Å². The summed E-state index contributed by atoms with van der Waals surface area (Å²) in [6, 6.07) is 14.3. The molecule has 3 rings (SSSR count). The number of methoxy groups -OCH3 is 1. The second-order valence-electron chi connectivity index (χ2n) is 5.59. The van der Waals surface area contributed by atoms with Crippen molar-refractivity contribution in [1.82, 2.24) is 0 Å². The number of hydrogen-bond acceptors (Lipinski definition) is 4. The minimum Gasteiger partial charge on any atom is -0.469 e. The van der Waals surface area contributed by atoms with Crippen LogP contribution in [0.4, 0.5) is 17.1 Å². The molecule has 0 saturated heterocycles. The average Bonchev–Trinajstić information content (AvgIpc) is 2.90. The van der Waals surface area contributed by atoms with E-state index in [-0.39, 0.29) is 5.97 Å². The standard InChI is InChI=1S/C18H20N2O2/c1-20-10-9-14-12-16(7-8-17(14)20)19-15-5-3-13(4-6-15)11-18(21)22-2/h3-8,12,19H,9-11H2,1-2H3. The quantitative estimate of drug-likeness (QED) is 0.880. The Labute approximate surface area is 130 Å². The van der Waals surface area contributed by atoms with Crippen molar-refractivity contribution in [1.29, 1.82) is 0 Å². The molecule has 0 unspecified atom stereocenters. The molecule has 1 heterocycles. The Morgan fingerprint density at radius 2 is 1.91 bits per heavy atom. The SMILES string of the molecule is COC(=O)Cc1ccc(Nc2ccc3c(c2)CCN3C)cc1. The number of likely N-dealkylation sites (N-methyl/N-ethyl adjacent to an activating group) is 1. The molecule has 0 atom stereocenters. The number of esters is 1. The number of anilines is 3. The van der Waals surface area contributed by atoms with E-state index in [1.54, 1.807) is 0 Å². The molecule has 0 aromatic heterocycles. The molecule has 4 nitrogen and oxygen atoms in total. The third-order valence-corrected chi connectivity index (χ3v) is 4.03. The Morgan fingerprint density at radius 1 is 1.18 bits per heavy atom. The van der Waals surface area contributed by atoms with E-state index in [4.69, 9.17) is 0 Å². The summed E-state index contributed by atoms with van der Waals surface area (Å²) in [6.07, 6.45) is 1.40. The number of carbonyl (C=O) groups is 1. The third-order valence-electron chi connectivity index (χ3n) is 4.03. The van der Waals surface area contributed by atoms with Crippen LogP contribution in [0.5, 0.6) is 0 Å². The van der Waals surface area contributed by atoms with Crippen LogP contribution < -0.4 is 10.2 Å². The number of nitrogens with one attached hydrogen (secondary N) is 1. The molecule has 4 heteroatoms. The molecule has 0 aliphatic carbocycles. The predicted octanol–water partition coefficient (Wildman–Crippen LogP) is 3.14. The molecule has 2 aromatic rings. The fourth-order valence-corrected chi connectivity index (χ4v) is 2.76. The van der Waals surface area contributed by atoms with Crippen molar-refractivity contribution in [2.45, 2.75) is 12.8 Å². The maximum Gasteiger partial charge on any atom is 0.309 e. The van der Waals surface area contributed by atoms with Crippen molar-refractivity contribution in [2.75, 3.05) is 30.9 Å². The minimum absolute atomic E-state index is 0.219. The zero-order valence-corrected chi connectivity index (χ0v) is 12.9. The molecule has 1 aliphatic rings. The predicted molar refractivity (Wildman–Crippen MR) is 88.9 cm³/mol. The molecule has 0 amide bonds. The summed E-state index contributed by atoms with van der Waals surface area (Å²) in [5.41, 5.74) is 5.76. The van der Waals surface area contributed by atoms with Gasteiger partial charge in [-0.05, 0) is 47.9 Å². The molecule has 22 heavy (non-hydrogen) atoms. The monoisotopic (exact) mass is 296 g/mol. The van der Waals surface area contributed by atoms with Crippen LogP contribution in [-0.2, 0) is 22.4 Å². The number of benzene rings is 2. The average molecular weight is 296 g/mol. The molecule has 1 aliphatic heterocycles. The second-order valence-corrected chi connectivity index (χ2v) is 5.59. The lowest BCUT2D eigenvalue weighted by Crippen LogP contribution is -2.12. The molecule has 0 bridgehead atoms. The van der Waals surface area contributed by atoms with Gasteiger partial charge in [0.25, 0.3) is 0 Å². The highest BCUT2D eigenvalue weighted by Crippen LogP contribution is 2.30. The molecule has 2 aromatic carbocycles. The van der Waals surface area contributed by atoms with Gasteiger partial charge in [0, 0.05) is 30.7 Å². The molecular formula is C18H20N2O2. The van der Waals surface area contributed by atoms with Gasteiger partial charge in [-0.15, -0.1) is 0 Å². The lowest BCUT2D eigenvalue weighted by molar-refractivity contribution is -0.139. The largest absolute Gasteiger partial charge is 0.469 e. The number of ether oxygens (including phenoxy) is 1. The van der Waals surface area contributed by atoms with Crippen molar-refractivity contribution in [3.05, 3.63) is 53.6 Å². The van der Waals surface area contributed by atoms with Crippen LogP contribution in [0, 0.1) is 0 Å². The summed E-state index contributed by atoms with van der Waals surface area (Å²) in [5, 5.41) is 3.41. The van der Waals surface area contributed by atoms with Crippen LogP contribution in [0.15, 0.2) is 42.5 Å². The van der Waals surface area contributed by atoms with Gasteiger partial charge in [0.05, 0.1) is 13.5 Å². The fraction of sp³-hybridized carbons (Fsp3) is 0.278. The number of rotatable bonds is 4. The zero-order valence-electron chi connectivity index (χ0n) is 12.9. The van der Waals surface area contributed by atoms with Crippen LogP contribution >= 0.6 is 0 Å². The molecule has 0 fully saturated rings. The van der Waals surface area contributed by atoms with Gasteiger partial charge in [-0.2, -0.15) is 0 Å². The lowest BCUT2D eigenvalue weighted by atomic mass is 10.1. The molecular weight excluding hydrogens is 276 g/mol. The van der Waals surface area contributed by atoms with E-state index in [0.717, 1.165) is 29.9 Å². The highest BCUT2D eigenvalue weighted by atomic mass is 16.5. The van der Waals surface area contributed by atoms with Gasteiger partial charge in [0.15, 0.2) is 0 Å². The van der Waals surface area contributed by atoms with Gasteiger partial charge in [-0.3, -0.25) is 4.79 Å². The highest BCUT2D eigenvalue weighted by molar-refractivity contribution is 5.73. The summed E-state index contributed by atoms with van der Waals surface area (Å²) >= 11 is 0. The lowest BCUT2D eigenvalue weighted by Gasteiger charge is -2.13. The molecule has 0 radical (unpaired) electrons. The Hall–Kier alpha value is -2.49.